The van der Waals surface area contributed by atoms with E-state index in [4.69, 9.17) is 4.52 Å². The van der Waals surface area contributed by atoms with Gasteiger partial charge in [-0.2, -0.15) is 4.98 Å². The molecule has 2 heterocycles. The molecule has 0 atom stereocenters. The lowest BCUT2D eigenvalue weighted by Gasteiger charge is -2.05. The summed E-state index contributed by atoms with van der Waals surface area (Å²) in [6, 6.07) is 9.45. The second-order valence-electron chi connectivity index (χ2n) is 4.98. The average molecular weight is 309 g/mol. The van der Waals surface area contributed by atoms with Crippen molar-refractivity contribution in [2.45, 2.75) is 20.4 Å². The summed E-state index contributed by atoms with van der Waals surface area (Å²) in [5.41, 5.74) is 1.90. The Balaban J connectivity index is 1.67. The highest BCUT2D eigenvalue weighted by molar-refractivity contribution is 5.94. The van der Waals surface area contributed by atoms with E-state index < -0.39 is 0 Å². The molecule has 116 valence electrons. The van der Waals surface area contributed by atoms with E-state index >= 15 is 0 Å². The van der Waals surface area contributed by atoms with Crippen molar-refractivity contribution in [3.63, 3.8) is 0 Å². The van der Waals surface area contributed by atoms with Crippen LogP contribution in [0.2, 0.25) is 0 Å². The number of hydrogen-bond donors (Lipinski definition) is 1. The lowest BCUT2D eigenvalue weighted by atomic mass is 10.2. The zero-order valence-corrected chi connectivity index (χ0v) is 12.8. The lowest BCUT2D eigenvalue weighted by Crippen LogP contribution is -2.24. The number of hydrogen-bond acceptors (Lipinski definition) is 6. The van der Waals surface area contributed by atoms with Gasteiger partial charge in [-0.05, 0) is 26.0 Å². The molecule has 7 nitrogen and oxygen atoms in total. The molecule has 0 saturated carbocycles. The zero-order valence-electron chi connectivity index (χ0n) is 12.8. The maximum atomic E-state index is 12.1. The zero-order chi connectivity index (χ0) is 16.2. The number of aromatic nitrogens is 4. The summed E-state index contributed by atoms with van der Waals surface area (Å²) >= 11 is 0. The van der Waals surface area contributed by atoms with Crippen LogP contribution < -0.4 is 5.32 Å². The number of amides is 1. The Kier molecular flexibility index (Phi) is 4.09. The average Bonchev–Trinajstić information content (AvgIpc) is 3.02. The van der Waals surface area contributed by atoms with E-state index in [1.54, 1.807) is 13.8 Å². The molecule has 0 aliphatic heterocycles. The quantitative estimate of drug-likeness (QED) is 0.793. The van der Waals surface area contributed by atoms with Gasteiger partial charge in [0, 0.05) is 11.8 Å². The molecule has 0 saturated heterocycles. The van der Waals surface area contributed by atoms with Gasteiger partial charge in [0.2, 0.25) is 0 Å². The van der Waals surface area contributed by atoms with Crippen molar-refractivity contribution in [3.05, 3.63) is 59.4 Å². The third-order valence-corrected chi connectivity index (χ3v) is 3.24. The molecular formula is C16H15N5O2. The number of nitrogens with one attached hydrogen (secondary N) is 1. The second kappa shape index (κ2) is 6.35. The number of carbonyl (C=O) groups is 1. The van der Waals surface area contributed by atoms with Crippen LogP contribution in [0.25, 0.3) is 11.5 Å². The SMILES string of the molecule is Cc1ncc(C(=O)NCc2noc(-c3ccccc3)n2)c(C)n1. The van der Waals surface area contributed by atoms with Crippen molar-refractivity contribution in [1.82, 2.24) is 25.4 Å². The van der Waals surface area contributed by atoms with Crippen molar-refractivity contribution in [3.8, 4) is 11.5 Å². The van der Waals surface area contributed by atoms with E-state index in [0.717, 1.165) is 5.56 Å². The van der Waals surface area contributed by atoms with Gasteiger partial charge in [-0.25, -0.2) is 9.97 Å². The lowest BCUT2D eigenvalue weighted by molar-refractivity contribution is 0.0948. The first-order valence-corrected chi connectivity index (χ1v) is 7.10. The second-order valence-corrected chi connectivity index (χ2v) is 4.98. The van der Waals surface area contributed by atoms with Crippen LogP contribution >= 0.6 is 0 Å². The van der Waals surface area contributed by atoms with Crippen LogP contribution in [0.4, 0.5) is 0 Å². The molecular weight excluding hydrogens is 294 g/mol. The van der Waals surface area contributed by atoms with E-state index in [2.05, 4.69) is 25.4 Å². The van der Waals surface area contributed by atoms with Gasteiger partial charge in [-0.3, -0.25) is 4.79 Å². The van der Waals surface area contributed by atoms with Crippen molar-refractivity contribution >= 4 is 5.91 Å². The summed E-state index contributed by atoms with van der Waals surface area (Å²) in [6.45, 7) is 3.72. The van der Waals surface area contributed by atoms with Crippen LogP contribution in [0.5, 0.6) is 0 Å². The highest BCUT2D eigenvalue weighted by atomic mass is 16.5. The predicted molar refractivity (Wildman–Crippen MR) is 82.4 cm³/mol. The number of benzene rings is 1. The summed E-state index contributed by atoms with van der Waals surface area (Å²) in [6.07, 6.45) is 1.51. The molecule has 0 aliphatic carbocycles. The Bertz CT molecular complexity index is 829. The third-order valence-electron chi connectivity index (χ3n) is 3.24. The van der Waals surface area contributed by atoms with Gasteiger partial charge in [0.15, 0.2) is 5.82 Å². The van der Waals surface area contributed by atoms with Crippen LogP contribution in [0.1, 0.15) is 27.7 Å². The Morgan fingerprint density at radius 1 is 1.17 bits per heavy atom. The van der Waals surface area contributed by atoms with Gasteiger partial charge in [-0.1, -0.05) is 23.4 Å². The number of carbonyl (C=O) groups excluding carboxylic acids is 1. The highest BCUT2D eigenvalue weighted by Gasteiger charge is 2.13. The molecule has 3 rings (SSSR count). The molecule has 0 radical (unpaired) electrons. The maximum absolute atomic E-state index is 12.1. The maximum Gasteiger partial charge on any atom is 0.257 e. The molecule has 0 bridgehead atoms. The normalized spacial score (nSPS) is 10.5. The Morgan fingerprint density at radius 2 is 1.96 bits per heavy atom. The van der Waals surface area contributed by atoms with Crippen LogP contribution in [0.15, 0.2) is 41.1 Å². The van der Waals surface area contributed by atoms with E-state index in [1.807, 2.05) is 30.3 Å². The fraction of sp³-hybridized carbons (Fsp3) is 0.188. The minimum atomic E-state index is -0.270. The van der Waals surface area contributed by atoms with E-state index in [9.17, 15) is 4.79 Å². The largest absolute Gasteiger partial charge is 0.344 e. The smallest absolute Gasteiger partial charge is 0.257 e. The van der Waals surface area contributed by atoms with E-state index in [0.29, 0.717) is 28.8 Å². The van der Waals surface area contributed by atoms with Crippen molar-refractivity contribution < 1.29 is 9.32 Å². The molecule has 7 heteroatoms. The van der Waals surface area contributed by atoms with E-state index in [1.165, 1.54) is 6.20 Å². The summed E-state index contributed by atoms with van der Waals surface area (Å²) in [7, 11) is 0. The fourth-order valence-corrected chi connectivity index (χ4v) is 2.08. The van der Waals surface area contributed by atoms with Gasteiger partial charge in [0.1, 0.15) is 5.82 Å². The Hall–Kier alpha value is -3.09. The molecule has 2 aromatic heterocycles. The predicted octanol–water partition coefficient (Wildman–Crippen LogP) is 2.07. The molecule has 1 N–H and O–H groups in total. The molecule has 3 aromatic rings. The fourth-order valence-electron chi connectivity index (χ4n) is 2.08. The van der Waals surface area contributed by atoms with Crippen LogP contribution in [0, 0.1) is 13.8 Å². The van der Waals surface area contributed by atoms with Crippen molar-refractivity contribution in [2.24, 2.45) is 0 Å². The molecule has 1 aromatic carbocycles. The van der Waals surface area contributed by atoms with Gasteiger partial charge in [-0.15, -0.1) is 0 Å². The standard InChI is InChI=1S/C16H15N5O2/c1-10-13(8-17-11(2)19-10)15(22)18-9-14-20-16(23-21-14)12-6-4-3-5-7-12/h3-8H,9H2,1-2H3,(H,18,22). The monoisotopic (exact) mass is 309 g/mol. The first-order valence-electron chi connectivity index (χ1n) is 7.10. The van der Waals surface area contributed by atoms with Gasteiger partial charge < -0.3 is 9.84 Å². The first kappa shape index (κ1) is 14.8. The van der Waals surface area contributed by atoms with E-state index in [-0.39, 0.29) is 12.5 Å². The summed E-state index contributed by atoms with van der Waals surface area (Å²) in [5, 5.41) is 6.60. The van der Waals surface area contributed by atoms with Crippen LogP contribution in [-0.4, -0.2) is 26.0 Å². The minimum absolute atomic E-state index is 0.169. The summed E-state index contributed by atoms with van der Waals surface area (Å²) in [5.74, 6) is 1.19. The Labute approximate surface area is 132 Å². The number of rotatable bonds is 4. The highest BCUT2D eigenvalue weighted by Crippen LogP contribution is 2.16. The van der Waals surface area contributed by atoms with Crippen LogP contribution in [-0.2, 0) is 6.54 Å². The van der Waals surface area contributed by atoms with Gasteiger partial charge >= 0.3 is 0 Å². The molecule has 0 aliphatic rings. The molecule has 1 amide bonds. The minimum Gasteiger partial charge on any atom is -0.344 e. The van der Waals surface area contributed by atoms with Gasteiger partial charge in [0.05, 0.1) is 17.8 Å². The van der Waals surface area contributed by atoms with Crippen molar-refractivity contribution in [2.75, 3.05) is 0 Å². The van der Waals surface area contributed by atoms with Crippen molar-refractivity contribution in [1.29, 1.82) is 0 Å². The summed E-state index contributed by atoms with van der Waals surface area (Å²) in [4.78, 5) is 24.6. The number of aryl methyl sites for hydroxylation is 2. The van der Waals surface area contributed by atoms with Gasteiger partial charge in [0.25, 0.3) is 11.8 Å². The molecule has 0 fully saturated rings. The topological polar surface area (TPSA) is 93.8 Å². The Morgan fingerprint density at radius 3 is 2.70 bits per heavy atom. The summed E-state index contributed by atoms with van der Waals surface area (Å²) < 4.78 is 5.19. The van der Waals surface area contributed by atoms with Crippen LogP contribution in [0.3, 0.4) is 0 Å². The third kappa shape index (κ3) is 3.39. The first-order chi connectivity index (χ1) is 11.1. The molecule has 0 unspecified atom stereocenters. The number of nitrogens with zero attached hydrogens (tertiary/aromatic N) is 4. The molecule has 0 spiro atoms. The molecule has 23 heavy (non-hydrogen) atoms.